The lowest BCUT2D eigenvalue weighted by molar-refractivity contribution is 0.189. The van der Waals surface area contributed by atoms with Crippen LogP contribution in [-0.2, 0) is 4.43 Å². The highest BCUT2D eigenvalue weighted by atomic mass is 28.4. The van der Waals surface area contributed by atoms with Crippen molar-refractivity contribution in [2.75, 3.05) is 6.54 Å². The zero-order valence-electron chi connectivity index (χ0n) is 9.34. The number of nitrogens with two attached hydrogens (primary N) is 2. The molecule has 4 N–H and O–H groups in total. The molecule has 0 saturated heterocycles. The van der Waals surface area contributed by atoms with Crippen molar-refractivity contribution in [3.63, 3.8) is 0 Å². The molecule has 0 aliphatic heterocycles. The molecule has 13 heavy (non-hydrogen) atoms. The third-order valence-corrected chi connectivity index (χ3v) is 4.56. The quantitative estimate of drug-likeness (QED) is 0.509. The topological polar surface area (TPSA) is 61.3 Å². The molecule has 0 radical (unpaired) electrons. The molecule has 1 atom stereocenters. The molecule has 80 valence electrons. The van der Waals surface area contributed by atoms with Crippen LogP contribution in [0.5, 0.6) is 0 Å². The molecule has 0 aromatic carbocycles. The maximum atomic E-state index is 5.83. The van der Waals surface area contributed by atoms with Crippen molar-refractivity contribution in [3.05, 3.63) is 0 Å². The molecule has 0 saturated carbocycles. The van der Waals surface area contributed by atoms with E-state index in [1.807, 2.05) is 0 Å². The van der Waals surface area contributed by atoms with Gasteiger partial charge in [0, 0.05) is 0 Å². The van der Waals surface area contributed by atoms with Gasteiger partial charge in [0.2, 0.25) is 0 Å². The summed E-state index contributed by atoms with van der Waals surface area (Å²) < 4.78 is 5.83. The second-order valence-electron chi connectivity index (χ2n) is 4.59. The molecule has 0 bridgehead atoms. The standard InChI is InChI=1S/C9H24N2OSi/c1-8(2)7-13(3,4)12-9(11)5-6-10/h8-9H,5-7,10-11H2,1-4H3. The Kier molecular flexibility index (Phi) is 5.79. The highest BCUT2D eigenvalue weighted by Gasteiger charge is 2.25. The van der Waals surface area contributed by atoms with Crippen LogP contribution in [0.15, 0.2) is 0 Å². The van der Waals surface area contributed by atoms with Crippen LogP contribution in [0.2, 0.25) is 19.1 Å². The number of hydrogen-bond donors (Lipinski definition) is 2. The first kappa shape index (κ1) is 13.1. The SMILES string of the molecule is CC(C)C[Si](C)(C)OC(N)CCN. The highest BCUT2D eigenvalue weighted by Crippen LogP contribution is 2.18. The first-order valence-corrected chi connectivity index (χ1v) is 8.12. The van der Waals surface area contributed by atoms with Gasteiger partial charge in [0.05, 0.1) is 6.23 Å². The van der Waals surface area contributed by atoms with E-state index in [-0.39, 0.29) is 6.23 Å². The van der Waals surface area contributed by atoms with Gasteiger partial charge in [0.1, 0.15) is 0 Å². The third-order valence-electron chi connectivity index (χ3n) is 1.82. The molecule has 0 aromatic heterocycles. The fourth-order valence-electron chi connectivity index (χ4n) is 1.66. The van der Waals surface area contributed by atoms with E-state index in [0.29, 0.717) is 12.5 Å². The summed E-state index contributed by atoms with van der Waals surface area (Å²) in [5.74, 6) is 0.687. The van der Waals surface area contributed by atoms with Crippen LogP contribution in [0.1, 0.15) is 20.3 Å². The minimum atomic E-state index is -1.55. The van der Waals surface area contributed by atoms with Crippen molar-refractivity contribution < 1.29 is 4.43 Å². The van der Waals surface area contributed by atoms with Crippen molar-refractivity contribution in [3.8, 4) is 0 Å². The lowest BCUT2D eigenvalue weighted by atomic mass is 10.3. The van der Waals surface area contributed by atoms with E-state index in [2.05, 4.69) is 26.9 Å². The first-order chi connectivity index (χ1) is 5.87. The van der Waals surface area contributed by atoms with Crippen molar-refractivity contribution in [2.45, 2.75) is 45.6 Å². The van der Waals surface area contributed by atoms with Gasteiger partial charge in [-0.25, -0.2) is 0 Å². The molecule has 0 heterocycles. The summed E-state index contributed by atoms with van der Waals surface area (Å²) in [4.78, 5) is 0. The fraction of sp³-hybridized carbons (Fsp3) is 1.00. The second kappa shape index (κ2) is 5.75. The maximum absolute atomic E-state index is 5.83. The van der Waals surface area contributed by atoms with Gasteiger partial charge in [-0.3, -0.25) is 0 Å². The largest absolute Gasteiger partial charge is 0.402 e. The molecule has 0 amide bonds. The molecule has 4 heteroatoms. The monoisotopic (exact) mass is 204 g/mol. The normalized spacial score (nSPS) is 15.0. The van der Waals surface area contributed by atoms with Crippen molar-refractivity contribution in [2.24, 2.45) is 17.4 Å². The summed E-state index contributed by atoms with van der Waals surface area (Å²) in [5, 5.41) is 0. The second-order valence-corrected chi connectivity index (χ2v) is 8.75. The van der Waals surface area contributed by atoms with Gasteiger partial charge in [-0.15, -0.1) is 0 Å². The molecular weight excluding hydrogens is 180 g/mol. The van der Waals surface area contributed by atoms with Crippen LogP contribution in [0.4, 0.5) is 0 Å². The van der Waals surface area contributed by atoms with Gasteiger partial charge in [0.25, 0.3) is 0 Å². The van der Waals surface area contributed by atoms with E-state index in [0.717, 1.165) is 12.5 Å². The molecule has 0 aliphatic carbocycles. The Labute approximate surface area is 83.0 Å². The fourth-order valence-corrected chi connectivity index (χ4v) is 4.66. The predicted molar refractivity (Wildman–Crippen MR) is 59.9 cm³/mol. The van der Waals surface area contributed by atoms with Crippen LogP contribution in [0.25, 0.3) is 0 Å². The third kappa shape index (κ3) is 7.19. The van der Waals surface area contributed by atoms with Gasteiger partial charge in [-0.05, 0) is 38.0 Å². The van der Waals surface area contributed by atoms with E-state index in [4.69, 9.17) is 15.9 Å². The Morgan fingerprint density at radius 1 is 1.31 bits per heavy atom. The van der Waals surface area contributed by atoms with E-state index >= 15 is 0 Å². The Hall–Kier alpha value is 0.0969. The van der Waals surface area contributed by atoms with Crippen molar-refractivity contribution >= 4 is 8.32 Å². The molecule has 0 aromatic rings. The smallest absolute Gasteiger partial charge is 0.189 e. The lowest BCUT2D eigenvalue weighted by Gasteiger charge is -2.28. The molecule has 0 aliphatic rings. The minimum absolute atomic E-state index is 0.162. The molecule has 1 unspecified atom stereocenters. The first-order valence-electron chi connectivity index (χ1n) is 5.01. The van der Waals surface area contributed by atoms with E-state index in [1.165, 1.54) is 0 Å². The Balaban J connectivity index is 3.85. The van der Waals surface area contributed by atoms with Gasteiger partial charge in [0.15, 0.2) is 8.32 Å². The zero-order valence-corrected chi connectivity index (χ0v) is 10.3. The Bertz CT molecular complexity index is 140. The average Bonchev–Trinajstić information content (AvgIpc) is 1.81. The lowest BCUT2D eigenvalue weighted by Crippen LogP contribution is -2.41. The van der Waals surface area contributed by atoms with Crippen LogP contribution in [0, 0.1) is 5.92 Å². The van der Waals surface area contributed by atoms with Gasteiger partial charge in [-0.2, -0.15) is 0 Å². The van der Waals surface area contributed by atoms with Gasteiger partial charge in [-0.1, -0.05) is 13.8 Å². The van der Waals surface area contributed by atoms with E-state index in [1.54, 1.807) is 0 Å². The number of rotatable bonds is 6. The summed E-state index contributed by atoms with van der Waals surface area (Å²) in [5.41, 5.74) is 11.2. The zero-order chi connectivity index (χ0) is 10.5. The van der Waals surface area contributed by atoms with E-state index < -0.39 is 8.32 Å². The van der Waals surface area contributed by atoms with Gasteiger partial charge < -0.3 is 15.9 Å². The van der Waals surface area contributed by atoms with Crippen LogP contribution < -0.4 is 11.5 Å². The molecular formula is C9H24N2OSi. The molecule has 3 nitrogen and oxygen atoms in total. The summed E-state index contributed by atoms with van der Waals surface area (Å²) in [7, 11) is -1.55. The summed E-state index contributed by atoms with van der Waals surface area (Å²) in [6.07, 6.45) is 0.597. The van der Waals surface area contributed by atoms with Crippen LogP contribution in [0.3, 0.4) is 0 Å². The van der Waals surface area contributed by atoms with Crippen molar-refractivity contribution in [1.29, 1.82) is 0 Å². The minimum Gasteiger partial charge on any atom is -0.402 e. The average molecular weight is 204 g/mol. The number of hydrogen-bond acceptors (Lipinski definition) is 3. The van der Waals surface area contributed by atoms with Crippen LogP contribution in [-0.4, -0.2) is 21.1 Å². The maximum Gasteiger partial charge on any atom is 0.189 e. The molecule has 0 fully saturated rings. The Morgan fingerprint density at radius 3 is 2.23 bits per heavy atom. The highest BCUT2D eigenvalue weighted by molar-refractivity contribution is 6.71. The van der Waals surface area contributed by atoms with Crippen LogP contribution >= 0.6 is 0 Å². The predicted octanol–water partition coefficient (Wildman–Crippen LogP) is 1.50. The Morgan fingerprint density at radius 2 is 1.85 bits per heavy atom. The molecule has 0 rings (SSSR count). The summed E-state index contributed by atoms with van der Waals surface area (Å²) in [6, 6.07) is 1.16. The summed E-state index contributed by atoms with van der Waals surface area (Å²) in [6.45, 7) is 9.46. The summed E-state index contributed by atoms with van der Waals surface area (Å²) >= 11 is 0. The van der Waals surface area contributed by atoms with Crippen molar-refractivity contribution in [1.82, 2.24) is 0 Å². The molecule has 0 spiro atoms. The van der Waals surface area contributed by atoms with Gasteiger partial charge >= 0.3 is 0 Å². The van der Waals surface area contributed by atoms with E-state index in [9.17, 15) is 0 Å².